The number of hydrogen-bond acceptors (Lipinski definition) is 10. The van der Waals surface area contributed by atoms with Crippen molar-refractivity contribution in [2.45, 2.75) is 75.0 Å². The van der Waals surface area contributed by atoms with E-state index in [1.165, 1.54) is 13.8 Å². The maximum Gasteiger partial charge on any atom is 0.338 e. The van der Waals surface area contributed by atoms with Gasteiger partial charge < -0.3 is 33.5 Å². The maximum absolute atomic E-state index is 12.7. The molecule has 1 saturated carbocycles. The Balaban J connectivity index is 1.58. The van der Waals surface area contributed by atoms with Gasteiger partial charge in [-0.25, -0.2) is 9.59 Å². The molecular weight excluding hydrogens is 412 g/mol. The topological polar surface area (TPSA) is 137 Å². The van der Waals surface area contributed by atoms with Gasteiger partial charge in [0.2, 0.25) is 0 Å². The Labute approximate surface area is 178 Å². The van der Waals surface area contributed by atoms with Crippen molar-refractivity contribution in [2.24, 2.45) is 0 Å². The Morgan fingerprint density at radius 2 is 1.97 bits per heavy atom. The van der Waals surface area contributed by atoms with E-state index in [0.717, 1.165) is 0 Å². The second-order valence-corrected chi connectivity index (χ2v) is 8.92. The fraction of sp³-hybridized carbons (Fsp3) is 0.667. The van der Waals surface area contributed by atoms with E-state index in [9.17, 15) is 19.5 Å². The summed E-state index contributed by atoms with van der Waals surface area (Å²) in [6.07, 6.45) is -3.17. The highest BCUT2D eigenvalue weighted by atomic mass is 16.7. The number of hydrogen-bond donors (Lipinski definition) is 1. The second kappa shape index (κ2) is 6.61. The summed E-state index contributed by atoms with van der Waals surface area (Å²) >= 11 is 0. The minimum absolute atomic E-state index is 0.0786. The van der Waals surface area contributed by atoms with Gasteiger partial charge in [0.25, 0.3) is 0 Å². The van der Waals surface area contributed by atoms with Crippen molar-refractivity contribution in [2.75, 3.05) is 13.2 Å². The molecule has 0 radical (unpaired) electrons. The molecule has 1 N–H and O–H groups in total. The molecule has 0 spiro atoms. The molecule has 3 saturated heterocycles. The highest BCUT2D eigenvalue weighted by Crippen LogP contribution is 2.60. The summed E-state index contributed by atoms with van der Waals surface area (Å²) in [5.41, 5.74) is -1.09. The van der Waals surface area contributed by atoms with E-state index < -0.39 is 47.4 Å². The molecule has 10 heteroatoms. The monoisotopic (exact) mass is 436 g/mol. The molecule has 4 heterocycles. The third kappa shape index (κ3) is 3.12. The number of rotatable bonds is 5. The van der Waals surface area contributed by atoms with E-state index in [2.05, 4.69) is 6.58 Å². The van der Waals surface area contributed by atoms with Gasteiger partial charge in [0.1, 0.15) is 48.3 Å². The molecule has 5 rings (SSSR count). The van der Waals surface area contributed by atoms with Crippen LogP contribution < -0.4 is 0 Å². The number of aliphatic hydroxyl groups is 1. The first-order valence-electron chi connectivity index (χ1n) is 10.2. The first-order chi connectivity index (χ1) is 14.6. The van der Waals surface area contributed by atoms with Crippen molar-refractivity contribution < 1.29 is 47.9 Å². The summed E-state index contributed by atoms with van der Waals surface area (Å²) in [5.74, 6) is -1.90. The van der Waals surface area contributed by atoms with Crippen LogP contribution in [-0.4, -0.2) is 84.1 Å². The molecule has 4 fully saturated rings. The van der Waals surface area contributed by atoms with Crippen molar-refractivity contribution in [1.82, 2.24) is 0 Å². The van der Waals surface area contributed by atoms with E-state index in [-0.39, 0.29) is 49.1 Å². The molecule has 0 unspecified atom stereocenters. The Hall–Kier alpha value is -2.27. The van der Waals surface area contributed by atoms with Gasteiger partial charge in [-0.3, -0.25) is 4.79 Å². The smallest absolute Gasteiger partial charge is 0.338 e. The van der Waals surface area contributed by atoms with Crippen LogP contribution in [0.4, 0.5) is 0 Å². The lowest BCUT2D eigenvalue weighted by Gasteiger charge is -2.26. The Morgan fingerprint density at radius 1 is 1.23 bits per heavy atom. The van der Waals surface area contributed by atoms with Crippen LogP contribution in [0.1, 0.15) is 27.2 Å². The molecule has 0 bridgehead atoms. The van der Waals surface area contributed by atoms with Gasteiger partial charge in [0, 0.05) is 24.5 Å². The fourth-order valence-electron chi connectivity index (χ4n) is 4.80. The number of epoxide rings is 3. The summed E-state index contributed by atoms with van der Waals surface area (Å²) in [7, 11) is 0. The zero-order chi connectivity index (χ0) is 22.3. The summed E-state index contributed by atoms with van der Waals surface area (Å²) in [4.78, 5) is 36.5. The molecule has 10 nitrogen and oxygen atoms in total. The largest absolute Gasteiger partial charge is 0.461 e. The van der Waals surface area contributed by atoms with Crippen molar-refractivity contribution in [3.63, 3.8) is 0 Å². The second-order valence-electron chi connectivity index (χ2n) is 8.92. The van der Waals surface area contributed by atoms with Crippen LogP contribution in [0.25, 0.3) is 0 Å². The average molecular weight is 436 g/mol. The Bertz CT molecular complexity index is 923. The minimum atomic E-state index is -0.993. The van der Waals surface area contributed by atoms with Crippen LogP contribution in [0.3, 0.4) is 0 Å². The molecule has 168 valence electrons. The van der Waals surface area contributed by atoms with Gasteiger partial charge in [-0.1, -0.05) is 6.58 Å². The Kier molecular flexibility index (Phi) is 4.40. The van der Waals surface area contributed by atoms with Crippen molar-refractivity contribution in [3.8, 4) is 0 Å². The van der Waals surface area contributed by atoms with Gasteiger partial charge in [0.05, 0.1) is 12.2 Å². The lowest BCUT2D eigenvalue weighted by atomic mass is 9.83. The van der Waals surface area contributed by atoms with Crippen molar-refractivity contribution in [1.29, 1.82) is 0 Å². The lowest BCUT2D eigenvalue weighted by molar-refractivity contribution is -0.144. The molecule has 0 aromatic rings. The number of fused-ring (bicyclic) bond motifs is 7. The first kappa shape index (κ1) is 20.6. The normalized spacial score (nSPS) is 44.1. The molecule has 5 aliphatic rings. The fourth-order valence-corrected chi connectivity index (χ4v) is 4.80. The zero-order valence-electron chi connectivity index (χ0n) is 17.4. The van der Waals surface area contributed by atoms with Gasteiger partial charge in [0.15, 0.2) is 6.10 Å². The number of ether oxygens (including phenoxy) is 6. The predicted molar refractivity (Wildman–Crippen MR) is 99.5 cm³/mol. The van der Waals surface area contributed by atoms with E-state index in [4.69, 9.17) is 28.4 Å². The summed E-state index contributed by atoms with van der Waals surface area (Å²) in [6.45, 7) is 7.55. The van der Waals surface area contributed by atoms with Crippen LogP contribution in [0.15, 0.2) is 23.3 Å². The zero-order valence-corrected chi connectivity index (χ0v) is 17.4. The standard InChI is InChI=1S/C21H24O10/c1-8(2)18(24)27-11-5-21(7-22)17(31-21)14-15(28-14)20(4)16(30-20)13-12(11)10(19(25)29-13)6-26-9(3)23/h11,13-17,22H,1,5-7H2,2-4H3/t11-,13-,14-,15+,16+,17-,20-,21-/m0/s1. The van der Waals surface area contributed by atoms with Crippen LogP contribution in [0, 0.1) is 0 Å². The number of carbonyl (C=O) groups is 3. The third-order valence-corrected chi connectivity index (χ3v) is 6.67. The van der Waals surface area contributed by atoms with Crippen LogP contribution in [-0.2, 0) is 42.8 Å². The molecule has 8 atom stereocenters. The Morgan fingerprint density at radius 3 is 2.61 bits per heavy atom. The van der Waals surface area contributed by atoms with Gasteiger partial charge in [-0.05, 0) is 13.8 Å². The van der Waals surface area contributed by atoms with Crippen LogP contribution in [0.5, 0.6) is 0 Å². The van der Waals surface area contributed by atoms with Crippen LogP contribution in [0.2, 0.25) is 0 Å². The molecule has 0 amide bonds. The van der Waals surface area contributed by atoms with E-state index >= 15 is 0 Å². The number of carbonyl (C=O) groups excluding carboxylic acids is 3. The third-order valence-electron chi connectivity index (χ3n) is 6.67. The van der Waals surface area contributed by atoms with E-state index in [1.807, 2.05) is 6.92 Å². The molecule has 31 heavy (non-hydrogen) atoms. The maximum atomic E-state index is 12.7. The molecule has 0 aromatic carbocycles. The number of aliphatic hydroxyl groups excluding tert-OH is 1. The molecular formula is C21H24O10. The molecule has 1 aliphatic carbocycles. The first-order valence-corrected chi connectivity index (χ1v) is 10.2. The number of esters is 3. The van der Waals surface area contributed by atoms with Gasteiger partial charge in [-0.2, -0.15) is 0 Å². The predicted octanol–water partition coefficient (Wildman–Crippen LogP) is -0.282. The van der Waals surface area contributed by atoms with Crippen molar-refractivity contribution in [3.05, 3.63) is 23.3 Å². The molecule has 4 aliphatic heterocycles. The van der Waals surface area contributed by atoms with E-state index in [1.54, 1.807) is 0 Å². The van der Waals surface area contributed by atoms with Crippen molar-refractivity contribution >= 4 is 17.9 Å². The SMILES string of the molecule is C=C(C)C(=O)O[C@H]1C[C@@]2(CO)O[C@H]2[C@H]2O[C@H]2[C@]2(C)O[C@@H]2[C@H]2OC(=O)C(COC(C)=O)=C12. The summed E-state index contributed by atoms with van der Waals surface area (Å²) in [5, 5.41) is 10.1. The molecule has 0 aromatic heterocycles. The highest BCUT2D eigenvalue weighted by molar-refractivity contribution is 5.94. The van der Waals surface area contributed by atoms with Gasteiger partial charge >= 0.3 is 17.9 Å². The summed E-state index contributed by atoms with van der Waals surface area (Å²) < 4.78 is 34.0. The van der Waals surface area contributed by atoms with Gasteiger partial charge in [-0.15, -0.1) is 0 Å². The lowest BCUT2D eigenvalue weighted by Crippen LogP contribution is -2.40. The quantitative estimate of drug-likeness (QED) is 0.265. The highest BCUT2D eigenvalue weighted by Gasteiger charge is 2.78. The van der Waals surface area contributed by atoms with Crippen LogP contribution >= 0.6 is 0 Å². The average Bonchev–Trinajstić information content (AvgIpc) is 3.60. The van der Waals surface area contributed by atoms with E-state index in [0.29, 0.717) is 5.57 Å². The minimum Gasteiger partial charge on any atom is -0.461 e. The summed E-state index contributed by atoms with van der Waals surface area (Å²) in [6, 6.07) is 0.